The Morgan fingerprint density at radius 1 is 1.04 bits per heavy atom. The van der Waals surface area contributed by atoms with Gasteiger partial charge >= 0.3 is 0 Å². The molecule has 0 aromatic heterocycles. The molecule has 2 aromatic carbocycles. The fourth-order valence-electron chi connectivity index (χ4n) is 2.41. The maximum Gasteiger partial charge on any atom is 0.283 e. The predicted octanol–water partition coefficient (Wildman–Crippen LogP) is 4.09. The Kier molecular flexibility index (Phi) is 4.70. The van der Waals surface area contributed by atoms with Crippen molar-refractivity contribution in [3.63, 3.8) is 0 Å². The van der Waals surface area contributed by atoms with E-state index in [-0.39, 0.29) is 10.7 Å². The molecular formula is C18H14Cl2N2O3. The summed E-state index contributed by atoms with van der Waals surface area (Å²) in [4.78, 5) is 26.1. The van der Waals surface area contributed by atoms with Crippen LogP contribution in [0.3, 0.4) is 0 Å². The summed E-state index contributed by atoms with van der Waals surface area (Å²) >= 11 is 12.2. The van der Waals surface area contributed by atoms with Crippen LogP contribution in [-0.4, -0.2) is 18.9 Å². The van der Waals surface area contributed by atoms with Gasteiger partial charge in [-0.05, 0) is 36.8 Å². The van der Waals surface area contributed by atoms with Gasteiger partial charge in [0.25, 0.3) is 11.8 Å². The number of benzene rings is 2. The van der Waals surface area contributed by atoms with Crippen molar-refractivity contribution in [1.82, 2.24) is 0 Å². The molecule has 0 radical (unpaired) electrons. The van der Waals surface area contributed by atoms with E-state index >= 15 is 0 Å². The Morgan fingerprint density at radius 3 is 2.48 bits per heavy atom. The lowest BCUT2D eigenvalue weighted by atomic mass is 10.2. The summed E-state index contributed by atoms with van der Waals surface area (Å²) in [7, 11) is 1.54. The van der Waals surface area contributed by atoms with Gasteiger partial charge < -0.3 is 10.1 Å². The number of carbonyl (C=O) groups is 2. The molecule has 0 fully saturated rings. The standard InChI is InChI=1S/C18H14Cl2N2O3/c1-10-6-7-12(9-14(10)19)22-17(23)15(20)16(18(22)24)21-11-4-3-5-13(8-11)25-2/h3-9,21H,1-2H3. The number of aryl methyl sites for hydroxylation is 1. The number of hydrogen-bond donors (Lipinski definition) is 1. The quantitative estimate of drug-likeness (QED) is 0.816. The zero-order chi connectivity index (χ0) is 18.1. The molecule has 0 saturated heterocycles. The van der Waals surface area contributed by atoms with Gasteiger partial charge in [-0.1, -0.05) is 35.3 Å². The first kappa shape index (κ1) is 17.3. The second kappa shape index (κ2) is 6.78. The van der Waals surface area contributed by atoms with E-state index in [1.165, 1.54) is 0 Å². The fraction of sp³-hybridized carbons (Fsp3) is 0.111. The van der Waals surface area contributed by atoms with Gasteiger partial charge in [-0.3, -0.25) is 9.59 Å². The molecular weight excluding hydrogens is 363 g/mol. The second-order valence-corrected chi connectivity index (χ2v) is 6.21. The number of methoxy groups -OCH3 is 1. The molecule has 5 nitrogen and oxygen atoms in total. The molecule has 25 heavy (non-hydrogen) atoms. The van der Waals surface area contributed by atoms with E-state index < -0.39 is 11.8 Å². The van der Waals surface area contributed by atoms with E-state index in [9.17, 15) is 9.59 Å². The smallest absolute Gasteiger partial charge is 0.283 e. The van der Waals surface area contributed by atoms with Crippen LogP contribution in [0.25, 0.3) is 0 Å². The third-order valence-electron chi connectivity index (χ3n) is 3.78. The summed E-state index contributed by atoms with van der Waals surface area (Å²) in [6.07, 6.45) is 0. The molecule has 2 amide bonds. The summed E-state index contributed by atoms with van der Waals surface area (Å²) < 4.78 is 5.14. The van der Waals surface area contributed by atoms with Gasteiger partial charge in [0, 0.05) is 16.8 Å². The van der Waals surface area contributed by atoms with Crippen molar-refractivity contribution in [2.24, 2.45) is 0 Å². The molecule has 0 spiro atoms. The van der Waals surface area contributed by atoms with Crippen LogP contribution in [0.2, 0.25) is 5.02 Å². The Balaban J connectivity index is 1.92. The van der Waals surface area contributed by atoms with Gasteiger partial charge in [0.1, 0.15) is 16.5 Å². The summed E-state index contributed by atoms with van der Waals surface area (Å²) in [6.45, 7) is 1.83. The zero-order valence-electron chi connectivity index (χ0n) is 13.5. The van der Waals surface area contributed by atoms with E-state index in [0.717, 1.165) is 10.5 Å². The molecule has 2 aromatic rings. The lowest BCUT2D eigenvalue weighted by molar-refractivity contribution is -0.120. The van der Waals surface area contributed by atoms with Gasteiger partial charge in [-0.15, -0.1) is 0 Å². The highest BCUT2D eigenvalue weighted by molar-refractivity contribution is 6.53. The van der Waals surface area contributed by atoms with E-state index in [4.69, 9.17) is 27.9 Å². The van der Waals surface area contributed by atoms with Gasteiger partial charge in [-0.25, -0.2) is 4.90 Å². The van der Waals surface area contributed by atoms with Gasteiger partial charge in [0.2, 0.25) is 0 Å². The molecule has 3 rings (SSSR count). The number of rotatable bonds is 4. The fourth-order valence-corrected chi connectivity index (χ4v) is 2.80. The number of halogens is 2. The van der Waals surface area contributed by atoms with Crippen molar-refractivity contribution >= 4 is 46.4 Å². The molecule has 7 heteroatoms. The minimum absolute atomic E-state index is 0.0108. The number of imide groups is 1. The first-order valence-electron chi connectivity index (χ1n) is 7.38. The van der Waals surface area contributed by atoms with Crippen LogP contribution in [0.15, 0.2) is 53.2 Å². The first-order chi connectivity index (χ1) is 11.9. The average Bonchev–Trinajstić information content (AvgIpc) is 2.81. The first-order valence-corrected chi connectivity index (χ1v) is 8.13. The predicted molar refractivity (Wildman–Crippen MR) is 98.2 cm³/mol. The Morgan fingerprint density at radius 2 is 1.80 bits per heavy atom. The molecule has 128 valence electrons. The number of amides is 2. The summed E-state index contributed by atoms with van der Waals surface area (Å²) in [5.41, 5.74) is 1.80. The third-order valence-corrected chi connectivity index (χ3v) is 4.54. The van der Waals surface area contributed by atoms with E-state index in [0.29, 0.717) is 22.1 Å². The van der Waals surface area contributed by atoms with Crippen LogP contribution in [0.5, 0.6) is 5.75 Å². The van der Waals surface area contributed by atoms with Crippen molar-refractivity contribution < 1.29 is 14.3 Å². The molecule has 1 aliphatic rings. The van der Waals surface area contributed by atoms with Crippen LogP contribution >= 0.6 is 23.2 Å². The van der Waals surface area contributed by atoms with E-state index in [1.54, 1.807) is 49.6 Å². The SMILES string of the molecule is COc1cccc(NC2=C(Cl)C(=O)N(c3ccc(C)c(Cl)c3)C2=O)c1. The van der Waals surface area contributed by atoms with Crippen LogP contribution < -0.4 is 15.0 Å². The van der Waals surface area contributed by atoms with Gasteiger partial charge in [-0.2, -0.15) is 0 Å². The van der Waals surface area contributed by atoms with Crippen LogP contribution in [0.1, 0.15) is 5.56 Å². The van der Waals surface area contributed by atoms with E-state index in [1.807, 2.05) is 6.92 Å². The molecule has 0 bridgehead atoms. The molecule has 1 heterocycles. The normalized spacial score (nSPS) is 14.3. The Hall–Kier alpha value is -2.50. The molecule has 1 N–H and O–H groups in total. The maximum atomic E-state index is 12.7. The maximum absolute atomic E-state index is 12.7. The van der Waals surface area contributed by atoms with Crippen molar-refractivity contribution in [3.8, 4) is 5.75 Å². The van der Waals surface area contributed by atoms with Crippen LogP contribution in [0, 0.1) is 6.92 Å². The molecule has 0 saturated carbocycles. The van der Waals surface area contributed by atoms with Gasteiger partial charge in [0.15, 0.2) is 0 Å². The molecule has 0 atom stereocenters. The van der Waals surface area contributed by atoms with Crippen molar-refractivity contribution in [2.75, 3.05) is 17.3 Å². The van der Waals surface area contributed by atoms with Crippen LogP contribution in [0.4, 0.5) is 11.4 Å². The van der Waals surface area contributed by atoms with Crippen LogP contribution in [-0.2, 0) is 9.59 Å². The Labute approximate surface area is 154 Å². The minimum Gasteiger partial charge on any atom is -0.497 e. The van der Waals surface area contributed by atoms with Crippen molar-refractivity contribution in [3.05, 3.63) is 63.8 Å². The number of carbonyl (C=O) groups excluding carboxylic acids is 2. The number of hydrogen-bond acceptors (Lipinski definition) is 4. The average molecular weight is 377 g/mol. The highest BCUT2D eigenvalue weighted by Gasteiger charge is 2.39. The topological polar surface area (TPSA) is 58.6 Å². The van der Waals surface area contributed by atoms with Gasteiger partial charge in [0.05, 0.1) is 12.8 Å². The second-order valence-electron chi connectivity index (χ2n) is 5.43. The van der Waals surface area contributed by atoms with E-state index in [2.05, 4.69) is 5.32 Å². The molecule has 0 unspecified atom stereocenters. The highest BCUT2D eigenvalue weighted by Crippen LogP contribution is 2.32. The van der Waals surface area contributed by atoms with Crippen molar-refractivity contribution in [2.45, 2.75) is 6.92 Å². The summed E-state index contributed by atoms with van der Waals surface area (Å²) in [5.74, 6) is -0.532. The number of anilines is 2. The monoisotopic (exact) mass is 376 g/mol. The minimum atomic E-state index is -0.600. The molecule has 0 aliphatic carbocycles. The number of nitrogens with zero attached hydrogens (tertiary/aromatic N) is 1. The number of nitrogens with one attached hydrogen (secondary N) is 1. The Bertz CT molecular complexity index is 909. The van der Waals surface area contributed by atoms with Crippen molar-refractivity contribution in [1.29, 1.82) is 0 Å². The molecule has 1 aliphatic heterocycles. The number of ether oxygens (including phenoxy) is 1. The largest absolute Gasteiger partial charge is 0.497 e. The lowest BCUT2D eigenvalue weighted by Crippen LogP contribution is -2.32. The third kappa shape index (κ3) is 3.21. The highest BCUT2D eigenvalue weighted by atomic mass is 35.5. The zero-order valence-corrected chi connectivity index (χ0v) is 15.0. The lowest BCUT2D eigenvalue weighted by Gasteiger charge is -2.16. The summed E-state index contributed by atoms with van der Waals surface area (Å²) in [6, 6.07) is 11.9. The summed E-state index contributed by atoms with van der Waals surface area (Å²) in [5, 5.41) is 3.18.